The highest BCUT2D eigenvalue weighted by molar-refractivity contribution is 7.92. The minimum atomic E-state index is -4.05. The topological polar surface area (TPSA) is 87.2 Å². The number of aromatic nitrogens is 2. The Morgan fingerprint density at radius 1 is 1.00 bits per heavy atom. The monoisotopic (exact) mass is 473 g/mol. The van der Waals surface area contributed by atoms with Crippen molar-refractivity contribution in [2.24, 2.45) is 0 Å². The van der Waals surface area contributed by atoms with Crippen LogP contribution < -0.4 is 10.0 Å². The molecule has 174 valence electrons. The molecule has 2 aromatic heterocycles. The van der Waals surface area contributed by atoms with Crippen LogP contribution in [0, 0.1) is 18.7 Å². The number of anilines is 2. The van der Waals surface area contributed by atoms with Crippen molar-refractivity contribution in [2.45, 2.75) is 37.9 Å². The number of halogens is 2. The Labute approximate surface area is 191 Å². The number of nitrogens with zero attached hydrogens (tertiary/aromatic N) is 3. The highest BCUT2D eigenvalue weighted by atomic mass is 32.2. The lowest BCUT2D eigenvalue weighted by molar-refractivity contribution is 0.329. The third kappa shape index (κ3) is 5.63. The third-order valence-electron chi connectivity index (χ3n) is 5.55. The second-order valence-corrected chi connectivity index (χ2v) is 9.58. The first kappa shape index (κ1) is 23.1. The van der Waals surface area contributed by atoms with E-state index in [1.807, 2.05) is 6.07 Å². The molecule has 7 nitrogen and oxygen atoms in total. The molecule has 10 heteroatoms. The van der Waals surface area contributed by atoms with E-state index >= 15 is 0 Å². The molecule has 0 bridgehead atoms. The molecule has 0 aliphatic carbocycles. The van der Waals surface area contributed by atoms with Gasteiger partial charge in [0.25, 0.3) is 10.0 Å². The minimum Gasteiger partial charge on any atom is -0.379 e. The first-order chi connectivity index (χ1) is 15.8. The fraction of sp³-hybridized carbons (Fsp3) is 0.304. The Morgan fingerprint density at radius 3 is 2.48 bits per heavy atom. The predicted octanol–water partition coefficient (Wildman–Crippen LogP) is 4.07. The summed E-state index contributed by atoms with van der Waals surface area (Å²) in [6, 6.07) is 11.8. The van der Waals surface area contributed by atoms with Crippen molar-refractivity contribution < 1.29 is 17.2 Å². The molecule has 33 heavy (non-hydrogen) atoms. The molecular weight excluding hydrogens is 448 g/mol. The van der Waals surface area contributed by atoms with E-state index in [0.717, 1.165) is 37.6 Å². The van der Waals surface area contributed by atoms with E-state index in [-0.39, 0.29) is 23.2 Å². The lowest BCUT2D eigenvalue weighted by Gasteiger charge is -2.19. The van der Waals surface area contributed by atoms with Crippen molar-refractivity contribution >= 4 is 21.5 Å². The van der Waals surface area contributed by atoms with Gasteiger partial charge in [0.2, 0.25) is 5.95 Å². The van der Waals surface area contributed by atoms with Crippen LogP contribution in [0.3, 0.4) is 0 Å². The van der Waals surface area contributed by atoms with Crippen LogP contribution in [0.15, 0.2) is 53.6 Å². The van der Waals surface area contributed by atoms with Gasteiger partial charge in [-0.3, -0.25) is 9.62 Å². The van der Waals surface area contributed by atoms with E-state index in [2.05, 4.69) is 24.9 Å². The number of hydrogen-bond acceptors (Lipinski definition) is 6. The van der Waals surface area contributed by atoms with Gasteiger partial charge in [-0.2, -0.15) is 12.8 Å². The van der Waals surface area contributed by atoms with Crippen LogP contribution >= 0.6 is 0 Å². The molecule has 0 unspecified atom stereocenters. The van der Waals surface area contributed by atoms with Crippen LogP contribution in [0.25, 0.3) is 0 Å². The number of sulfonamides is 1. The lowest BCUT2D eigenvalue weighted by atomic mass is 10.1. The number of pyridine rings is 2. The number of nitrogens with one attached hydrogen (secondary N) is 2. The van der Waals surface area contributed by atoms with Crippen LogP contribution in [0.5, 0.6) is 0 Å². The summed E-state index contributed by atoms with van der Waals surface area (Å²) >= 11 is 0. The summed E-state index contributed by atoms with van der Waals surface area (Å²) in [7, 11) is -4.05. The summed E-state index contributed by atoms with van der Waals surface area (Å²) in [6.07, 6.45) is 2.32. The van der Waals surface area contributed by atoms with Crippen molar-refractivity contribution in [3.63, 3.8) is 0 Å². The maximum atomic E-state index is 14.6. The maximum absolute atomic E-state index is 14.6. The van der Waals surface area contributed by atoms with Gasteiger partial charge < -0.3 is 5.32 Å². The molecule has 1 saturated heterocycles. The molecule has 3 heterocycles. The van der Waals surface area contributed by atoms with E-state index < -0.39 is 16.0 Å². The Hall–Kier alpha value is -3.11. The predicted molar refractivity (Wildman–Crippen MR) is 122 cm³/mol. The van der Waals surface area contributed by atoms with Crippen LogP contribution in [0.2, 0.25) is 0 Å². The number of likely N-dealkylation sites (tertiary alicyclic amines) is 1. The average molecular weight is 474 g/mol. The molecule has 0 radical (unpaired) electrons. The van der Waals surface area contributed by atoms with E-state index in [1.165, 1.54) is 24.3 Å². The van der Waals surface area contributed by atoms with Crippen molar-refractivity contribution in [3.05, 3.63) is 77.1 Å². The van der Waals surface area contributed by atoms with E-state index in [0.29, 0.717) is 23.5 Å². The standard InChI is InChI=1S/C23H25F2N5O2S/c1-16-20(10-11-23(27-16)33(31,32)29-22-9-5-8-21(25)28-22)26-14-18-17(6-4-7-19(18)24)15-30-12-2-3-13-30/h4-11,26H,2-3,12-15H2,1H3,(H,28,29). The highest BCUT2D eigenvalue weighted by Gasteiger charge is 2.19. The van der Waals surface area contributed by atoms with Gasteiger partial charge in [-0.15, -0.1) is 0 Å². The molecule has 1 aromatic carbocycles. The van der Waals surface area contributed by atoms with Crippen LogP contribution in [0.4, 0.5) is 20.3 Å². The SMILES string of the molecule is Cc1nc(S(=O)(=O)Nc2cccc(F)n2)ccc1NCc1c(F)cccc1CN1CCCC1. The normalized spacial score (nSPS) is 14.4. The second-order valence-electron chi connectivity index (χ2n) is 7.95. The van der Waals surface area contributed by atoms with Gasteiger partial charge in [0.1, 0.15) is 11.6 Å². The van der Waals surface area contributed by atoms with E-state index in [1.54, 1.807) is 19.1 Å². The maximum Gasteiger partial charge on any atom is 0.280 e. The molecule has 1 fully saturated rings. The van der Waals surface area contributed by atoms with Crippen molar-refractivity contribution in [1.82, 2.24) is 14.9 Å². The zero-order valence-corrected chi connectivity index (χ0v) is 19.0. The Bertz CT molecular complexity index is 1250. The average Bonchev–Trinajstić information content (AvgIpc) is 3.27. The van der Waals surface area contributed by atoms with Crippen molar-refractivity contribution in [2.75, 3.05) is 23.1 Å². The van der Waals surface area contributed by atoms with Gasteiger partial charge >= 0.3 is 0 Å². The fourth-order valence-corrected chi connectivity index (χ4v) is 4.84. The summed E-state index contributed by atoms with van der Waals surface area (Å²) in [5.74, 6) is -1.21. The van der Waals surface area contributed by atoms with Gasteiger partial charge in [0, 0.05) is 18.7 Å². The van der Waals surface area contributed by atoms with Crippen LogP contribution in [0.1, 0.15) is 29.7 Å². The molecule has 3 aromatic rings. The Balaban J connectivity index is 1.48. The smallest absolute Gasteiger partial charge is 0.280 e. The van der Waals surface area contributed by atoms with Gasteiger partial charge in [-0.05, 0) is 68.8 Å². The number of hydrogen-bond donors (Lipinski definition) is 2. The third-order valence-corrected chi connectivity index (χ3v) is 6.81. The molecule has 2 N–H and O–H groups in total. The zero-order chi connectivity index (χ0) is 23.4. The molecule has 0 atom stereocenters. The van der Waals surface area contributed by atoms with Crippen molar-refractivity contribution in [1.29, 1.82) is 0 Å². The second kappa shape index (κ2) is 9.80. The first-order valence-electron chi connectivity index (χ1n) is 10.7. The summed E-state index contributed by atoms with van der Waals surface area (Å²) in [4.78, 5) is 9.98. The minimum absolute atomic E-state index is 0.137. The summed E-state index contributed by atoms with van der Waals surface area (Å²) in [5, 5.41) is 2.95. The largest absolute Gasteiger partial charge is 0.379 e. The molecule has 4 rings (SSSR count). The molecular formula is C23H25F2N5O2S. The highest BCUT2D eigenvalue weighted by Crippen LogP contribution is 2.22. The van der Waals surface area contributed by atoms with Gasteiger partial charge in [-0.1, -0.05) is 18.2 Å². The molecule has 0 amide bonds. The molecule has 0 saturated carbocycles. The van der Waals surface area contributed by atoms with E-state index in [4.69, 9.17) is 0 Å². The Kier molecular flexibility index (Phi) is 6.85. The molecule has 1 aliphatic heterocycles. The van der Waals surface area contributed by atoms with Gasteiger partial charge in [0.15, 0.2) is 5.03 Å². The van der Waals surface area contributed by atoms with Gasteiger partial charge in [-0.25, -0.2) is 14.4 Å². The van der Waals surface area contributed by atoms with E-state index in [9.17, 15) is 17.2 Å². The van der Waals surface area contributed by atoms with Crippen LogP contribution in [-0.4, -0.2) is 36.4 Å². The fourth-order valence-electron chi connectivity index (χ4n) is 3.84. The number of rotatable bonds is 8. The summed E-state index contributed by atoms with van der Waals surface area (Å²) < 4.78 is 55.3. The number of benzene rings is 1. The molecule has 1 aliphatic rings. The molecule has 0 spiro atoms. The zero-order valence-electron chi connectivity index (χ0n) is 18.2. The van der Waals surface area contributed by atoms with Crippen molar-refractivity contribution in [3.8, 4) is 0 Å². The first-order valence-corrected chi connectivity index (χ1v) is 12.2. The Morgan fingerprint density at radius 2 is 1.76 bits per heavy atom. The quantitative estimate of drug-likeness (QED) is 0.480. The number of aryl methyl sites for hydroxylation is 1. The summed E-state index contributed by atoms with van der Waals surface area (Å²) in [5.41, 5.74) is 2.54. The van der Waals surface area contributed by atoms with Gasteiger partial charge in [0.05, 0.1) is 11.4 Å². The van der Waals surface area contributed by atoms with Crippen LogP contribution in [-0.2, 0) is 23.1 Å². The lowest BCUT2D eigenvalue weighted by Crippen LogP contribution is -2.20. The summed E-state index contributed by atoms with van der Waals surface area (Å²) in [6.45, 7) is 4.64.